The molecule has 2 aliphatic rings. The molecular weight excluding hydrogens is 362 g/mol. The molecule has 0 saturated carbocycles. The molecule has 2 aliphatic heterocycles. The quantitative estimate of drug-likeness (QED) is 0.706. The summed E-state index contributed by atoms with van der Waals surface area (Å²) in [5, 5.41) is 1.75. The van der Waals surface area contributed by atoms with E-state index >= 15 is 0 Å². The zero-order valence-electron chi connectivity index (χ0n) is 14.8. The number of nitrogens with zero attached hydrogens (tertiary/aromatic N) is 2. The number of amides is 2. The van der Waals surface area contributed by atoms with Gasteiger partial charge < -0.3 is 14.8 Å². The number of piperazine rings is 1. The predicted molar refractivity (Wildman–Crippen MR) is 104 cm³/mol. The fourth-order valence-corrected chi connectivity index (χ4v) is 4.52. The SMILES string of the molecule is CN1CC(=O)N2[C@H](c3ccc(Cl)cc3)c3[nH]c4ccccc4c3C[C@H]2C1=O. The normalized spacial score (nSPS) is 22.1. The Kier molecular flexibility index (Phi) is 3.56. The van der Waals surface area contributed by atoms with E-state index in [1.807, 2.05) is 42.5 Å². The van der Waals surface area contributed by atoms with Crippen LogP contribution in [-0.4, -0.2) is 46.2 Å². The van der Waals surface area contributed by atoms with E-state index in [9.17, 15) is 9.59 Å². The van der Waals surface area contributed by atoms with Gasteiger partial charge in [-0.1, -0.05) is 41.9 Å². The number of hydrogen-bond acceptors (Lipinski definition) is 2. The Hall–Kier alpha value is -2.79. The van der Waals surface area contributed by atoms with Gasteiger partial charge in [-0.15, -0.1) is 0 Å². The van der Waals surface area contributed by atoms with Crippen LogP contribution in [0.5, 0.6) is 0 Å². The third-order valence-corrected chi connectivity index (χ3v) is 5.89. The third kappa shape index (κ3) is 2.38. The van der Waals surface area contributed by atoms with Gasteiger partial charge in [0, 0.05) is 35.1 Å². The first-order chi connectivity index (χ1) is 13.0. The molecular formula is C21H18ClN3O2. The lowest BCUT2D eigenvalue weighted by Crippen LogP contribution is -2.62. The third-order valence-electron chi connectivity index (χ3n) is 5.64. The van der Waals surface area contributed by atoms with E-state index in [1.54, 1.807) is 11.9 Å². The Morgan fingerprint density at radius 2 is 1.81 bits per heavy atom. The number of hydrogen-bond donors (Lipinski definition) is 1. The number of carbonyl (C=O) groups excluding carboxylic acids is 2. The van der Waals surface area contributed by atoms with Crippen molar-refractivity contribution in [2.75, 3.05) is 13.6 Å². The van der Waals surface area contributed by atoms with Gasteiger partial charge in [0.25, 0.3) is 0 Å². The van der Waals surface area contributed by atoms with Gasteiger partial charge >= 0.3 is 0 Å². The number of aromatic nitrogens is 1. The highest BCUT2D eigenvalue weighted by molar-refractivity contribution is 6.30. The highest BCUT2D eigenvalue weighted by Gasteiger charge is 2.47. The number of nitrogens with one attached hydrogen (secondary N) is 1. The molecule has 2 atom stereocenters. The predicted octanol–water partition coefficient (Wildman–Crippen LogP) is 3.14. The number of aromatic amines is 1. The Labute approximate surface area is 161 Å². The molecule has 5 rings (SSSR count). The lowest BCUT2D eigenvalue weighted by Gasteiger charge is -2.46. The van der Waals surface area contributed by atoms with E-state index in [4.69, 9.17) is 11.6 Å². The van der Waals surface area contributed by atoms with Crippen molar-refractivity contribution in [2.45, 2.75) is 18.5 Å². The number of carbonyl (C=O) groups is 2. The monoisotopic (exact) mass is 379 g/mol. The molecule has 2 aromatic carbocycles. The zero-order valence-corrected chi connectivity index (χ0v) is 15.5. The fraction of sp³-hybridized carbons (Fsp3) is 0.238. The Morgan fingerprint density at radius 1 is 1.07 bits per heavy atom. The van der Waals surface area contributed by atoms with Crippen molar-refractivity contribution < 1.29 is 9.59 Å². The Balaban J connectivity index is 1.76. The van der Waals surface area contributed by atoms with Crippen LogP contribution in [0.1, 0.15) is 22.9 Å². The van der Waals surface area contributed by atoms with E-state index in [2.05, 4.69) is 11.1 Å². The molecule has 27 heavy (non-hydrogen) atoms. The molecule has 3 heterocycles. The van der Waals surface area contributed by atoms with Crippen molar-refractivity contribution in [2.24, 2.45) is 0 Å². The maximum absolute atomic E-state index is 13.0. The number of halogens is 1. The highest BCUT2D eigenvalue weighted by Crippen LogP contribution is 2.42. The molecule has 1 N–H and O–H groups in total. The lowest BCUT2D eigenvalue weighted by atomic mass is 9.86. The molecule has 2 amide bonds. The van der Waals surface area contributed by atoms with Gasteiger partial charge in [0.2, 0.25) is 11.8 Å². The largest absolute Gasteiger partial charge is 0.356 e. The fourth-order valence-electron chi connectivity index (χ4n) is 4.40. The van der Waals surface area contributed by atoms with E-state index < -0.39 is 6.04 Å². The van der Waals surface area contributed by atoms with Gasteiger partial charge in [0.05, 0.1) is 12.6 Å². The average molecular weight is 380 g/mol. The maximum atomic E-state index is 13.0. The molecule has 0 unspecified atom stereocenters. The van der Waals surface area contributed by atoms with Crippen molar-refractivity contribution in [3.8, 4) is 0 Å². The standard InChI is InChI=1S/C21H18ClN3O2/c1-24-11-18(26)25-17(21(24)27)10-15-14-4-2-3-5-16(14)23-19(15)20(25)12-6-8-13(22)9-7-12/h2-9,17,20,23H,10-11H2,1H3/t17-,20+/m0/s1. The zero-order chi connectivity index (χ0) is 18.7. The van der Waals surface area contributed by atoms with Crippen LogP contribution in [0.25, 0.3) is 10.9 Å². The molecule has 3 aromatic rings. The molecule has 0 aliphatic carbocycles. The van der Waals surface area contributed by atoms with E-state index in [0.717, 1.165) is 27.7 Å². The van der Waals surface area contributed by atoms with Crippen LogP contribution in [-0.2, 0) is 16.0 Å². The van der Waals surface area contributed by atoms with Crippen molar-refractivity contribution in [1.29, 1.82) is 0 Å². The van der Waals surface area contributed by atoms with Crippen LogP contribution in [0.15, 0.2) is 48.5 Å². The summed E-state index contributed by atoms with van der Waals surface area (Å²) in [6, 6.07) is 14.8. The minimum atomic E-state index is -0.483. The van der Waals surface area contributed by atoms with Gasteiger partial charge in [-0.25, -0.2) is 0 Å². The first kappa shape index (κ1) is 16.4. The molecule has 1 aromatic heterocycles. The highest BCUT2D eigenvalue weighted by atomic mass is 35.5. The number of fused-ring (bicyclic) bond motifs is 4. The van der Waals surface area contributed by atoms with Crippen LogP contribution in [0, 0.1) is 0 Å². The minimum Gasteiger partial charge on any atom is -0.356 e. The van der Waals surface area contributed by atoms with E-state index in [0.29, 0.717) is 11.4 Å². The topological polar surface area (TPSA) is 56.4 Å². The van der Waals surface area contributed by atoms with Crippen LogP contribution in [0.2, 0.25) is 5.02 Å². The van der Waals surface area contributed by atoms with Crippen molar-refractivity contribution in [3.63, 3.8) is 0 Å². The van der Waals surface area contributed by atoms with Crippen molar-refractivity contribution >= 4 is 34.3 Å². The number of benzene rings is 2. The molecule has 0 bridgehead atoms. The van der Waals surface area contributed by atoms with Crippen LogP contribution in [0.4, 0.5) is 0 Å². The van der Waals surface area contributed by atoms with Gasteiger partial charge in [-0.05, 0) is 29.3 Å². The summed E-state index contributed by atoms with van der Waals surface area (Å²) < 4.78 is 0. The van der Waals surface area contributed by atoms with Crippen LogP contribution in [0.3, 0.4) is 0 Å². The summed E-state index contributed by atoms with van der Waals surface area (Å²) in [4.78, 5) is 32.6. The van der Waals surface area contributed by atoms with Gasteiger partial charge in [0.15, 0.2) is 0 Å². The second-order valence-electron chi connectivity index (χ2n) is 7.23. The summed E-state index contributed by atoms with van der Waals surface area (Å²) in [6.45, 7) is 0.106. The van der Waals surface area contributed by atoms with Crippen LogP contribution >= 0.6 is 11.6 Å². The Bertz CT molecular complexity index is 1070. The molecule has 0 spiro atoms. The Morgan fingerprint density at radius 3 is 2.59 bits per heavy atom. The number of rotatable bonds is 1. The molecule has 1 fully saturated rings. The first-order valence-corrected chi connectivity index (χ1v) is 9.33. The average Bonchev–Trinajstić information content (AvgIpc) is 3.04. The number of H-pyrrole nitrogens is 1. The summed E-state index contributed by atoms with van der Waals surface area (Å²) in [5.41, 5.74) is 4.07. The van der Waals surface area contributed by atoms with Gasteiger partial charge in [0.1, 0.15) is 6.04 Å². The minimum absolute atomic E-state index is 0.00973. The maximum Gasteiger partial charge on any atom is 0.245 e. The van der Waals surface area contributed by atoms with Crippen LogP contribution < -0.4 is 0 Å². The molecule has 5 nitrogen and oxygen atoms in total. The number of para-hydroxylation sites is 1. The molecule has 6 heteroatoms. The summed E-state index contributed by atoms with van der Waals surface area (Å²) >= 11 is 6.07. The first-order valence-electron chi connectivity index (χ1n) is 8.95. The second kappa shape index (κ2) is 5.86. The van der Waals surface area contributed by atoms with Crippen molar-refractivity contribution in [1.82, 2.24) is 14.8 Å². The summed E-state index contributed by atoms with van der Waals surface area (Å²) in [5.74, 6) is -0.0455. The van der Waals surface area contributed by atoms with Gasteiger partial charge in [-0.2, -0.15) is 0 Å². The lowest BCUT2D eigenvalue weighted by molar-refractivity contribution is -0.157. The number of likely N-dealkylation sites (N-methyl/N-ethyl adjacent to an activating group) is 1. The van der Waals surface area contributed by atoms with Crippen molar-refractivity contribution in [3.05, 3.63) is 70.4 Å². The van der Waals surface area contributed by atoms with Gasteiger partial charge in [-0.3, -0.25) is 9.59 Å². The molecule has 1 saturated heterocycles. The summed E-state index contributed by atoms with van der Waals surface area (Å²) in [6.07, 6.45) is 0.526. The van der Waals surface area contributed by atoms with E-state index in [-0.39, 0.29) is 24.4 Å². The second-order valence-corrected chi connectivity index (χ2v) is 7.67. The smallest absolute Gasteiger partial charge is 0.245 e. The summed E-state index contributed by atoms with van der Waals surface area (Å²) in [7, 11) is 1.69. The van der Waals surface area contributed by atoms with E-state index in [1.165, 1.54) is 4.90 Å². The molecule has 0 radical (unpaired) electrons. The molecule has 136 valence electrons.